The van der Waals surface area contributed by atoms with Crippen LogP contribution in [0.3, 0.4) is 0 Å². The van der Waals surface area contributed by atoms with Gasteiger partial charge in [-0.05, 0) is 18.1 Å². The summed E-state index contributed by atoms with van der Waals surface area (Å²) in [6.45, 7) is 1.69. The Labute approximate surface area is 130 Å². The second-order valence-corrected chi connectivity index (χ2v) is 5.93. The second-order valence-electron chi connectivity index (χ2n) is 4.90. The lowest BCUT2D eigenvalue weighted by molar-refractivity contribution is -0.310. The molecule has 3 aromatic rings. The number of carboxylic acids is 1. The zero-order chi connectivity index (χ0) is 15.7. The largest absolute Gasteiger partial charge is 0.548 e. The summed E-state index contributed by atoms with van der Waals surface area (Å²) in [7, 11) is 0. The van der Waals surface area contributed by atoms with Gasteiger partial charge in [0, 0.05) is 4.88 Å². The van der Waals surface area contributed by atoms with E-state index in [1.807, 2.05) is 30.3 Å². The van der Waals surface area contributed by atoms with Gasteiger partial charge >= 0.3 is 0 Å². The van der Waals surface area contributed by atoms with Gasteiger partial charge < -0.3 is 9.90 Å². The molecule has 3 rings (SSSR count). The van der Waals surface area contributed by atoms with Crippen molar-refractivity contribution < 1.29 is 9.90 Å². The maximum absolute atomic E-state index is 12.5. The molecule has 0 aliphatic rings. The lowest BCUT2D eigenvalue weighted by atomic mass is 10.2. The Bertz CT molecular complexity index is 883. The minimum Gasteiger partial charge on any atom is -0.548 e. The van der Waals surface area contributed by atoms with Gasteiger partial charge in [0.05, 0.1) is 23.7 Å². The van der Waals surface area contributed by atoms with E-state index in [0.717, 1.165) is 15.0 Å². The minimum absolute atomic E-state index is 0.269. The summed E-state index contributed by atoms with van der Waals surface area (Å²) < 4.78 is 1.14. The van der Waals surface area contributed by atoms with Crippen LogP contribution in [0.2, 0.25) is 0 Å². The molecular weight excluding hydrogens is 300 g/mol. The highest BCUT2D eigenvalue weighted by Gasteiger charge is 2.16. The number of thiophene rings is 1. The molecule has 0 bridgehead atoms. The first kappa shape index (κ1) is 14.5. The average Bonchev–Trinajstić information content (AvgIpc) is 2.96. The minimum atomic E-state index is -1.27. The number of fused-ring (bicyclic) bond motifs is 1. The second kappa shape index (κ2) is 5.73. The number of aromatic nitrogens is 2. The van der Waals surface area contributed by atoms with Crippen molar-refractivity contribution in [3.05, 3.63) is 53.1 Å². The van der Waals surface area contributed by atoms with Gasteiger partial charge in [0.1, 0.15) is 4.83 Å². The van der Waals surface area contributed by atoms with Crippen LogP contribution in [-0.4, -0.2) is 15.5 Å². The van der Waals surface area contributed by atoms with Crippen LogP contribution in [0, 0.1) is 0 Å². The SMILES string of the molecule is CCC(C(=O)[O-])n1cnc2sc(-c3ccccc3)cc2c1=O. The van der Waals surface area contributed by atoms with Gasteiger partial charge in [-0.3, -0.25) is 9.36 Å². The molecule has 0 saturated carbocycles. The molecule has 22 heavy (non-hydrogen) atoms. The smallest absolute Gasteiger partial charge is 0.262 e. The number of carboxylic acid groups (broad SMARTS) is 1. The summed E-state index contributed by atoms with van der Waals surface area (Å²) in [6, 6.07) is 10.5. The van der Waals surface area contributed by atoms with Gasteiger partial charge in [0.25, 0.3) is 5.56 Å². The summed E-state index contributed by atoms with van der Waals surface area (Å²) >= 11 is 1.41. The molecule has 0 saturated heterocycles. The van der Waals surface area contributed by atoms with Gasteiger partial charge in [-0.15, -0.1) is 11.3 Å². The molecule has 0 aliphatic carbocycles. The van der Waals surface area contributed by atoms with Gasteiger partial charge in [-0.2, -0.15) is 0 Å². The number of aliphatic carboxylic acids is 1. The van der Waals surface area contributed by atoms with E-state index in [2.05, 4.69) is 4.98 Å². The summed E-state index contributed by atoms with van der Waals surface area (Å²) in [5, 5.41) is 11.6. The summed E-state index contributed by atoms with van der Waals surface area (Å²) in [6.07, 6.45) is 1.56. The predicted molar refractivity (Wildman–Crippen MR) is 83.7 cm³/mol. The Hall–Kier alpha value is -2.47. The normalized spacial score (nSPS) is 12.4. The van der Waals surface area contributed by atoms with Gasteiger partial charge in [-0.25, -0.2) is 4.98 Å². The number of carbonyl (C=O) groups is 1. The predicted octanol–water partition coefficient (Wildman–Crippen LogP) is 1.83. The summed E-state index contributed by atoms with van der Waals surface area (Å²) in [5.41, 5.74) is 0.655. The Morgan fingerprint density at radius 2 is 2.09 bits per heavy atom. The van der Waals surface area contributed by atoms with Crippen LogP contribution in [0.1, 0.15) is 19.4 Å². The molecule has 1 aromatic carbocycles. The molecule has 2 heterocycles. The van der Waals surface area contributed by atoms with Crippen molar-refractivity contribution in [3.63, 3.8) is 0 Å². The summed E-state index contributed by atoms with van der Waals surface area (Å²) in [4.78, 5) is 29.4. The third kappa shape index (κ3) is 2.42. The van der Waals surface area contributed by atoms with E-state index in [-0.39, 0.29) is 12.0 Å². The van der Waals surface area contributed by atoms with Crippen molar-refractivity contribution in [3.8, 4) is 10.4 Å². The maximum Gasteiger partial charge on any atom is 0.262 e. The molecule has 1 unspecified atom stereocenters. The first-order chi connectivity index (χ1) is 10.6. The Kier molecular flexibility index (Phi) is 3.77. The van der Waals surface area contributed by atoms with E-state index in [9.17, 15) is 14.7 Å². The van der Waals surface area contributed by atoms with Gasteiger partial charge in [-0.1, -0.05) is 37.3 Å². The molecule has 2 aromatic heterocycles. The Morgan fingerprint density at radius 1 is 1.36 bits per heavy atom. The third-order valence-electron chi connectivity index (χ3n) is 3.53. The standard InChI is InChI=1S/C16H14N2O3S/c1-2-12(16(20)21)18-9-17-14-11(15(18)19)8-13(22-14)10-6-4-3-5-7-10/h3-9,12H,2H2,1H3,(H,20,21)/p-1. The fourth-order valence-corrected chi connectivity index (χ4v) is 3.38. The topological polar surface area (TPSA) is 75.0 Å². The van der Waals surface area contributed by atoms with Crippen molar-refractivity contribution >= 4 is 27.5 Å². The van der Waals surface area contributed by atoms with Crippen LogP contribution in [0.25, 0.3) is 20.7 Å². The number of hydrogen-bond acceptors (Lipinski definition) is 5. The first-order valence-electron chi connectivity index (χ1n) is 6.88. The number of hydrogen-bond donors (Lipinski definition) is 0. The molecule has 5 nitrogen and oxygen atoms in total. The van der Waals surface area contributed by atoms with Crippen molar-refractivity contribution in [2.24, 2.45) is 0 Å². The molecule has 0 aliphatic heterocycles. The average molecular weight is 313 g/mol. The molecule has 0 spiro atoms. The van der Waals surface area contributed by atoms with Crippen LogP contribution in [0.15, 0.2) is 47.5 Å². The van der Waals surface area contributed by atoms with E-state index < -0.39 is 12.0 Å². The fraction of sp³-hybridized carbons (Fsp3) is 0.188. The maximum atomic E-state index is 12.5. The van der Waals surface area contributed by atoms with E-state index >= 15 is 0 Å². The van der Waals surface area contributed by atoms with Gasteiger partial charge in [0.15, 0.2) is 0 Å². The molecule has 6 heteroatoms. The molecule has 0 fully saturated rings. The molecular formula is C16H13N2O3S-. The number of nitrogens with zero attached hydrogens (tertiary/aromatic N) is 2. The zero-order valence-electron chi connectivity index (χ0n) is 11.9. The Balaban J connectivity index is 2.16. The lowest BCUT2D eigenvalue weighted by Crippen LogP contribution is -2.37. The molecule has 112 valence electrons. The van der Waals surface area contributed by atoms with Gasteiger partial charge in [0.2, 0.25) is 0 Å². The third-order valence-corrected chi connectivity index (χ3v) is 4.62. The highest BCUT2D eigenvalue weighted by atomic mass is 32.1. The quantitative estimate of drug-likeness (QED) is 0.736. The first-order valence-corrected chi connectivity index (χ1v) is 7.70. The lowest BCUT2D eigenvalue weighted by Gasteiger charge is -2.18. The van der Waals surface area contributed by atoms with E-state index in [1.54, 1.807) is 13.0 Å². The molecule has 1 atom stereocenters. The Morgan fingerprint density at radius 3 is 2.73 bits per heavy atom. The molecule has 0 N–H and O–H groups in total. The number of rotatable bonds is 4. The molecule has 0 amide bonds. The number of benzene rings is 1. The summed E-state index contributed by atoms with van der Waals surface area (Å²) in [5.74, 6) is -1.27. The van der Waals surface area contributed by atoms with E-state index in [1.165, 1.54) is 17.7 Å². The fourth-order valence-electron chi connectivity index (χ4n) is 2.38. The van der Waals surface area contributed by atoms with Crippen molar-refractivity contribution in [2.75, 3.05) is 0 Å². The van der Waals surface area contributed by atoms with Crippen LogP contribution >= 0.6 is 11.3 Å². The highest BCUT2D eigenvalue weighted by Crippen LogP contribution is 2.30. The zero-order valence-corrected chi connectivity index (χ0v) is 12.7. The van der Waals surface area contributed by atoms with Crippen LogP contribution in [-0.2, 0) is 4.79 Å². The van der Waals surface area contributed by atoms with Crippen LogP contribution < -0.4 is 10.7 Å². The monoisotopic (exact) mass is 313 g/mol. The molecule has 0 radical (unpaired) electrons. The van der Waals surface area contributed by atoms with Crippen LogP contribution in [0.4, 0.5) is 0 Å². The van der Waals surface area contributed by atoms with Crippen molar-refractivity contribution in [1.82, 2.24) is 9.55 Å². The van der Waals surface area contributed by atoms with Crippen molar-refractivity contribution in [2.45, 2.75) is 19.4 Å². The number of carbonyl (C=O) groups excluding carboxylic acids is 1. The van der Waals surface area contributed by atoms with Crippen molar-refractivity contribution in [1.29, 1.82) is 0 Å². The highest BCUT2D eigenvalue weighted by molar-refractivity contribution is 7.21. The van der Waals surface area contributed by atoms with E-state index in [4.69, 9.17) is 0 Å². The van der Waals surface area contributed by atoms with E-state index in [0.29, 0.717) is 10.2 Å². The van der Waals surface area contributed by atoms with Crippen LogP contribution in [0.5, 0.6) is 0 Å².